The Morgan fingerprint density at radius 3 is 2.61 bits per heavy atom. The summed E-state index contributed by atoms with van der Waals surface area (Å²) in [6.07, 6.45) is 0. The topological polar surface area (TPSA) is 85.8 Å². The summed E-state index contributed by atoms with van der Waals surface area (Å²) in [6.45, 7) is 6.20. The first-order valence-electron chi connectivity index (χ1n) is 7.76. The van der Waals surface area contributed by atoms with Gasteiger partial charge in [-0.05, 0) is 19.4 Å². The van der Waals surface area contributed by atoms with Crippen molar-refractivity contribution in [2.45, 2.75) is 20.4 Å². The van der Waals surface area contributed by atoms with Gasteiger partial charge in [0.2, 0.25) is 5.91 Å². The Labute approximate surface area is 136 Å². The Hall–Kier alpha value is -2.57. The van der Waals surface area contributed by atoms with Crippen molar-refractivity contribution in [1.29, 1.82) is 0 Å². The van der Waals surface area contributed by atoms with Crippen molar-refractivity contribution in [3.8, 4) is 0 Å². The van der Waals surface area contributed by atoms with E-state index in [4.69, 9.17) is 0 Å². The van der Waals surface area contributed by atoms with Crippen LogP contribution in [0.5, 0.6) is 0 Å². The van der Waals surface area contributed by atoms with Gasteiger partial charge in [0.15, 0.2) is 5.96 Å². The number of aliphatic imine (C=N–C) groups is 1. The Morgan fingerprint density at radius 2 is 2.00 bits per heavy atom. The van der Waals surface area contributed by atoms with E-state index >= 15 is 0 Å². The number of nitrogens with zero attached hydrogens (tertiary/aromatic N) is 2. The van der Waals surface area contributed by atoms with Gasteiger partial charge in [0.25, 0.3) is 0 Å². The van der Waals surface area contributed by atoms with Crippen molar-refractivity contribution in [2.75, 3.05) is 26.2 Å². The maximum Gasteiger partial charge on any atom is 0.324 e. The molecule has 3 amide bonds. The number of carbonyl (C=O) groups excluding carboxylic acids is 2. The van der Waals surface area contributed by atoms with Gasteiger partial charge in [0.1, 0.15) is 0 Å². The number of hydrogen-bond donors (Lipinski definition) is 3. The number of aryl methyl sites for hydroxylation is 1. The highest BCUT2D eigenvalue weighted by Gasteiger charge is 2.27. The van der Waals surface area contributed by atoms with Crippen molar-refractivity contribution in [2.24, 2.45) is 4.99 Å². The highest BCUT2D eigenvalue weighted by Crippen LogP contribution is 2.04. The average Bonchev–Trinajstić information content (AvgIpc) is 2.86. The van der Waals surface area contributed by atoms with Crippen LogP contribution in [-0.4, -0.2) is 49.0 Å². The van der Waals surface area contributed by atoms with Gasteiger partial charge in [-0.25, -0.2) is 9.79 Å². The van der Waals surface area contributed by atoms with Crippen LogP contribution in [-0.2, 0) is 11.3 Å². The molecule has 1 saturated heterocycles. The first-order chi connectivity index (χ1) is 11.1. The van der Waals surface area contributed by atoms with E-state index < -0.39 is 0 Å². The summed E-state index contributed by atoms with van der Waals surface area (Å²) in [5.74, 6) is 0.471. The van der Waals surface area contributed by atoms with E-state index in [1.54, 1.807) is 0 Å². The third-order valence-electron chi connectivity index (χ3n) is 3.45. The van der Waals surface area contributed by atoms with Crippen LogP contribution in [0.3, 0.4) is 0 Å². The summed E-state index contributed by atoms with van der Waals surface area (Å²) in [7, 11) is 0. The van der Waals surface area contributed by atoms with Gasteiger partial charge < -0.3 is 16.0 Å². The minimum absolute atomic E-state index is 0.0837. The maximum absolute atomic E-state index is 11.5. The molecule has 1 aliphatic heterocycles. The lowest BCUT2D eigenvalue weighted by atomic mass is 10.1. The SMILES string of the molecule is CCNC(=NCc1ccc(C)cc1)NCCN1C(=O)CNC1=O. The van der Waals surface area contributed by atoms with Gasteiger partial charge in [-0.3, -0.25) is 9.69 Å². The molecule has 0 saturated carbocycles. The number of benzene rings is 1. The zero-order chi connectivity index (χ0) is 16.7. The zero-order valence-electron chi connectivity index (χ0n) is 13.6. The molecular weight excluding hydrogens is 294 g/mol. The molecule has 1 heterocycles. The second kappa shape index (κ2) is 8.17. The van der Waals surface area contributed by atoms with Crippen LogP contribution in [0.2, 0.25) is 0 Å². The molecule has 0 aromatic heterocycles. The van der Waals surface area contributed by atoms with Crippen LogP contribution in [0.4, 0.5) is 4.79 Å². The third kappa shape index (κ3) is 4.98. The quantitative estimate of drug-likeness (QED) is 0.407. The van der Waals surface area contributed by atoms with Crippen molar-refractivity contribution in [3.05, 3.63) is 35.4 Å². The van der Waals surface area contributed by atoms with Crippen LogP contribution < -0.4 is 16.0 Å². The fraction of sp³-hybridized carbons (Fsp3) is 0.438. The molecular formula is C16H23N5O2. The summed E-state index contributed by atoms with van der Waals surface area (Å²) < 4.78 is 0. The number of carbonyl (C=O) groups is 2. The van der Waals surface area contributed by atoms with Gasteiger partial charge in [-0.2, -0.15) is 0 Å². The maximum atomic E-state index is 11.5. The van der Waals surface area contributed by atoms with E-state index in [0.717, 1.165) is 12.1 Å². The monoisotopic (exact) mass is 317 g/mol. The van der Waals surface area contributed by atoms with Gasteiger partial charge >= 0.3 is 6.03 Å². The lowest BCUT2D eigenvalue weighted by molar-refractivity contribution is -0.124. The molecule has 0 atom stereocenters. The van der Waals surface area contributed by atoms with Gasteiger partial charge in [0, 0.05) is 19.6 Å². The number of guanidine groups is 1. The molecule has 1 fully saturated rings. The number of rotatable bonds is 6. The summed E-state index contributed by atoms with van der Waals surface area (Å²) in [5, 5.41) is 8.78. The summed E-state index contributed by atoms with van der Waals surface area (Å²) in [6, 6.07) is 7.88. The predicted octanol–water partition coefficient (Wildman–Crippen LogP) is 0.602. The Balaban J connectivity index is 1.85. The van der Waals surface area contributed by atoms with E-state index in [0.29, 0.717) is 25.6 Å². The molecule has 1 aromatic rings. The highest BCUT2D eigenvalue weighted by atomic mass is 16.2. The zero-order valence-corrected chi connectivity index (χ0v) is 13.6. The first kappa shape index (κ1) is 16.8. The molecule has 1 aliphatic rings. The van der Waals surface area contributed by atoms with Crippen LogP contribution in [0, 0.1) is 6.92 Å². The summed E-state index contributed by atoms with van der Waals surface area (Å²) in [5.41, 5.74) is 2.35. The first-order valence-corrected chi connectivity index (χ1v) is 7.76. The fourth-order valence-electron chi connectivity index (χ4n) is 2.17. The largest absolute Gasteiger partial charge is 0.357 e. The fourth-order valence-corrected chi connectivity index (χ4v) is 2.17. The minimum Gasteiger partial charge on any atom is -0.357 e. The number of nitrogens with one attached hydrogen (secondary N) is 3. The van der Waals surface area contributed by atoms with Gasteiger partial charge in [-0.15, -0.1) is 0 Å². The molecule has 7 heteroatoms. The molecule has 124 valence electrons. The molecule has 0 bridgehead atoms. The van der Waals surface area contributed by atoms with Crippen LogP contribution >= 0.6 is 0 Å². The molecule has 2 rings (SSSR count). The van der Waals surface area contributed by atoms with E-state index in [2.05, 4.69) is 52.1 Å². The highest BCUT2D eigenvalue weighted by molar-refractivity contribution is 6.01. The van der Waals surface area contributed by atoms with Crippen LogP contribution in [0.25, 0.3) is 0 Å². The summed E-state index contributed by atoms with van der Waals surface area (Å²) >= 11 is 0. The van der Waals surface area contributed by atoms with E-state index in [1.165, 1.54) is 10.5 Å². The Bertz CT molecular complexity index is 567. The van der Waals surface area contributed by atoms with Crippen LogP contribution in [0.1, 0.15) is 18.1 Å². The van der Waals surface area contributed by atoms with E-state index in [1.807, 2.05) is 6.92 Å². The van der Waals surface area contributed by atoms with Crippen molar-refractivity contribution < 1.29 is 9.59 Å². The lowest BCUT2D eigenvalue weighted by Gasteiger charge is -2.15. The second-order valence-electron chi connectivity index (χ2n) is 5.31. The second-order valence-corrected chi connectivity index (χ2v) is 5.31. The van der Waals surface area contributed by atoms with E-state index in [9.17, 15) is 9.59 Å². The van der Waals surface area contributed by atoms with Crippen LogP contribution in [0.15, 0.2) is 29.3 Å². The molecule has 3 N–H and O–H groups in total. The molecule has 0 unspecified atom stereocenters. The minimum atomic E-state index is -0.335. The predicted molar refractivity (Wildman–Crippen MR) is 89.1 cm³/mol. The molecule has 23 heavy (non-hydrogen) atoms. The van der Waals surface area contributed by atoms with Gasteiger partial charge in [-0.1, -0.05) is 29.8 Å². The Kier molecular flexibility index (Phi) is 5.96. The standard InChI is InChI=1S/C16H23N5O2/c1-3-17-15(19-10-13-6-4-12(2)5-7-13)18-8-9-21-14(22)11-20-16(21)23/h4-7H,3,8-11H2,1-2H3,(H,20,23)(H2,17,18,19). The number of imide groups is 1. The molecule has 7 nitrogen and oxygen atoms in total. The van der Waals surface area contributed by atoms with Crippen molar-refractivity contribution in [1.82, 2.24) is 20.9 Å². The van der Waals surface area contributed by atoms with Crippen molar-refractivity contribution in [3.63, 3.8) is 0 Å². The molecule has 0 aliphatic carbocycles. The number of amides is 3. The molecule has 0 radical (unpaired) electrons. The number of urea groups is 1. The molecule has 0 spiro atoms. The Morgan fingerprint density at radius 1 is 1.26 bits per heavy atom. The molecule has 1 aromatic carbocycles. The average molecular weight is 317 g/mol. The number of hydrogen-bond acceptors (Lipinski definition) is 3. The third-order valence-corrected chi connectivity index (χ3v) is 3.45. The summed E-state index contributed by atoms with van der Waals surface area (Å²) in [4.78, 5) is 28.6. The van der Waals surface area contributed by atoms with Crippen molar-refractivity contribution >= 4 is 17.9 Å². The van der Waals surface area contributed by atoms with E-state index in [-0.39, 0.29) is 18.5 Å². The van der Waals surface area contributed by atoms with Gasteiger partial charge in [0.05, 0.1) is 13.1 Å². The smallest absolute Gasteiger partial charge is 0.324 e. The lowest BCUT2D eigenvalue weighted by Crippen LogP contribution is -2.43. The normalized spacial score (nSPS) is 14.9.